The van der Waals surface area contributed by atoms with Crippen LogP contribution in [0.5, 0.6) is 0 Å². The van der Waals surface area contributed by atoms with Gasteiger partial charge in [0.05, 0.1) is 0 Å². The third kappa shape index (κ3) is 5.21. The van der Waals surface area contributed by atoms with Crippen LogP contribution < -0.4 is 4.90 Å². The highest BCUT2D eigenvalue weighted by molar-refractivity contribution is 7.26. The number of benzene rings is 8. The molecule has 0 aliphatic carbocycles. The van der Waals surface area contributed by atoms with Gasteiger partial charge in [0.25, 0.3) is 0 Å². The lowest BCUT2D eigenvalue weighted by Gasteiger charge is -2.27. The van der Waals surface area contributed by atoms with Crippen molar-refractivity contribution in [1.29, 1.82) is 0 Å². The summed E-state index contributed by atoms with van der Waals surface area (Å²) in [5.41, 5.74) is 10.7. The van der Waals surface area contributed by atoms with E-state index < -0.39 is 0 Å². The fourth-order valence-electron chi connectivity index (χ4n) is 7.48. The van der Waals surface area contributed by atoms with Crippen LogP contribution in [0.4, 0.5) is 17.1 Å². The summed E-state index contributed by atoms with van der Waals surface area (Å²) in [6.07, 6.45) is 0. The normalized spacial score (nSPS) is 11.5. The van der Waals surface area contributed by atoms with E-state index in [1.54, 1.807) is 0 Å². The highest BCUT2D eigenvalue weighted by Gasteiger charge is 2.18. The number of thiophene rings is 2. The first-order valence-corrected chi connectivity index (χ1v) is 18.9. The third-order valence-electron chi connectivity index (χ3n) is 9.85. The molecule has 0 spiro atoms. The second-order valence-corrected chi connectivity index (χ2v) is 15.0. The maximum atomic E-state index is 2.41. The number of hydrogen-bond acceptors (Lipinski definition) is 3. The van der Waals surface area contributed by atoms with Gasteiger partial charge in [-0.1, -0.05) is 140 Å². The van der Waals surface area contributed by atoms with Crippen LogP contribution in [0.2, 0.25) is 0 Å². The number of rotatable bonds is 6. The highest BCUT2D eigenvalue weighted by atomic mass is 32.1. The fraction of sp³-hybridized carbons (Fsp3) is 0. The van der Waals surface area contributed by atoms with Gasteiger partial charge in [-0.2, -0.15) is 0 Å². The van der Waals surface area contributed by atoms with Crippen LogP contribution in [0.25, 0.3) is 73.7 Å². The minimum atomic E-state index is 1.12. The Kier molecular flexibility index (Phi) is 7.26. The van der Waals surface area contributed by atoms with E-state index in [9.17, 15) is 0 Å². The maximum Gasteiger partial charge on any atom is 0.0467 e. The Morgan fingerprint density at radius 1 is 0.294 bits per heavy atom. The molecule has 0 saturated carbocycles. The van der Waals surface area contributed by atoms with Gasteiger partial charge >= 0.3 is 0 Å². The Hall–Kier alpha value is -6.00. The molecule has 51 heavy (non-hydrogen) atoms. The highest BCUT2D eigenvalue weighted by Crippen LogP contribution is 2.45. The zero-order valence-electron chi connectivity index (χ0n) is 27.7. The van der Waals surface area contributed by atoms with Gasteiger partial charge < -0.3 is 4.90 Å². The Morgan fingerprint density at radius 2 is 0.686 bits per heavy atom. The molecule has 10 rings (SSSR count). The lowest BCUT2D eigenvalue weighted by molar-refractivity contribution is 1.28. The number of hydrogen-bond donors (Lipinski definition) is 0. The van der Waals surface area contributed by atoms with Crippen molar-refractivity contribution in [3.8, 4) is 33.4 Å². The van der Waals surface area contributed by atoms with Crippen LogP contribution in [-0.2, 0) is 0 Å². The van der Waals surface area contributed by atoms with E-state index in [0.29, 0.717) is 0 Å². The van der Waals surface area contributed by atoms with Crippen LogP contribution >= 0.6 is 22.7 Å². The molecule has 0 bridgehead atoms. The quantitative estimate of drug-likeness (QED) is 0.168. The van der Waals surface area contributed by atoms with Gasteiger partial charge in [0.1, 0.15) is 0 Å². The largest absolute Gasteiger partial charge is 0.310 e. The van der Waals surface area contributed by atoms with Crippen LogP contribution in [0, 0.1) is 0 Å². The molecular formula is C48H31NS2. The molecule has 0 radical (unpaired) electrons. The SMILES string of the molecule is c1ccc(-c2cccc(N(c3cccc(-c4cccc5c4sc4ccccc45)c3)c3cccc(-c4cccc5c4sc4ccccc45)c3)c2)cc1. The van der Waals surface area contributed by atoms with E-state index in [-0.39, 0.29) is 0 Å². The summed E-state index contributed by atoms with van der Waals surface area (Å²) in [7, 11) is 0. The summed E-state index contributed by atoms with van der Waals surface area (Å²) in [5, 5.41) is 5.27. The second-order valence-electron chi connectivity index (χ2n) is 12.9. The van der Waals surface area contributed by atoms with Gasteiger partial charge in [0.15, 0.2) is 0 Å². The molecule has 0 atom stereocenters. The molecule has 0 fully saturated rings. The molecular weight excluding hydrogens is 655 g/mol. The molecule has 2 heterocycles. The van der Waals surface area contributed by atoms with E-state index >= 15 is 0 Å². The Balaban J connectivity index is 1.16. The van der Waals surface area contributed by atoms with E-state index in [4.69, 9.17) is 0 Å². The molecule has 2 aromatic heterocycles. The Bertz CT molecular complexity index is 2720. The van der Waals surface area contributed by atoms with Crippen molar-refractivity contribution in [3.05, 3.63) is 188 Å². The molecule has 0 amide bonds. The molecule has 0 unspecified atom stereocenters. The summed E-state index contributed by atoms with van der Waals surface area (Å²) in [6.45, 7) is 0. The number of fused-ring (bicyclic) bond motifs is 6. The topological polar surface area (TPSA) is 3.24 Å². The molecule has 0 N–H and O–H groups in total. The smallest absolute Gasteiger partial charge is 0.0467 e. The fourth-order valence-corrected chi connectivity index (χ4v) is 9.95. The predicted octanol–water partition coefficient (Wildman–Crippen LogP) is 14.9. The lowest BCUT2D eigenvalue weighted by atomic mass is 10.00. The summed E-state index contributed by atoms with van der Waals surface area (Å²) in [4.78, 5) is 2.41. The van der Waals surface area contributed by atoms with Gasteiger partial charge in [-0.15, -0.1) is 22.7 Å². The van der Waals surface area contributed by atoms with Crippen molar-refractivity contribution in [2.24, 2.45) is 0 Å². The zero-order chi connectivity index (χ0) is 33.7. The predicted molar refractivity (Wildman–Crippen MR) is 223 cm³/mol. The van der Waals surface area contributed by atoms with Gasteiger partial charge in [-0.3, -0.25) is 0 Å². The molecule has 3 heteroatoms. The molecule has 8 aromatic carbocycles. The van der Waals surface area contributed by atoms with E-state index in [2.05, 4.69) is 193 Å². The van der Waals surface area contributed by atoms with Crippen LogP contribution in [0.1, 0.15) is 0 Å². The minimum absolute atomic E-state index is 1.12. The van der Waals surface area contributed by atoms with Crippen LogP contribution in [0.3, 0.4) is 0 Å². The van der Waals surface area contributed by atoms with E-state index in [0.717, 1.165) is 17.1 Å². The number of anilines is 3. The van der Waals surface area contributed by atoms with E-state index in [1.165, 1.54) is 73.7 Å². The van der Waals surface area contributed by atoms with Crippen LogP contribution in [-0.4, -0.2) is 0 Å². The Morgan fingerprint density at radius 3 is 1.22 bits per heavy atom. The van der Waals surface area contributed by atoms with Crippen molar-refractivity contribution in [1.82, 2.24) is 0 Å². The molecule has 0 aliphatic rings. The third-order valence-corrected chi connectivity index (χ3v) is 12.3. The average molecular weight is 686 g/mol. The van der Waals surface area contributed by atoms with Crippen molar-refractivity contribution in [3.63, 3.8) is 0 Å². The van der Waals surface area contributed by atoms with Crippen molar-refractivity contribution in [2.45, 2.75) is 0 Å². The van der Waals surface area contributed by atoms with E-state index in [1.807, 2.05) is 22.7 Å². The van der Waals surface area contributed by atoms with Crippen molar-refractivity contribution >= 4 is 80.1 Å². The summed E-state index contributed by atoms with van der Waals surface area (Å²) in [5.74, 6) is 0. The molecule has 240 valence electrons. The van der Waals surface area contributed by atoms with Gasteiger partial charge in [-0.25, -0.2) is 0 Å². The molecule has 0 aliphatic heterocycles. The lowest BCUT2D eigenvalue weighted by Crippen LogP contribution is -2.10. The minimum Gasteiger partial charge on any atom is -0.310 e. The first-order valence-electron chi connectivity index (χ1n) is 17.3. The van der Waals surface area contributed by atoms with Gasteiger partial charge in [0, 0.05) is 57.4 Å². The van der Waals surface area contributed by atoms with Gasteiger partial charge in [-0.05, 0) is 81.9 Å². The first kappa shape index (κ1) is 29.9. The summed E-state index contributed by atoms with van der Waals surface area (Å²) < 4.78 is 5.29. The number of nitrogens with zero attached hydrogens (tertiary/aromatic N) is 1. The molecule has 10 aromatic rings. The maximum absolute atomic E-state index is 2.41. The first-order chi connectivity index (χ1) is 25.3. The van der Waals surface area contributed by atoms with Crippen molar-refractivity contribution < 1.29 is 0 Å². The molecule has 0 saturated heterocycles. The summed E-state index contributed by atoms with van der Waals surface area (Å²) >= 11 is 3.76. The second kappa shape index (κ2) is 12.4. The van der Waals surface area contributed by atoms with Crippen molar-refractivity contribution in [2.75, 3.05) is 4.90 Å². The monoisotopic (exact) mass is 685 g/mol. The molecule has 1 nitrogen and oxygen atoms in total. The standard InChI is InChI=1S/C48H31NS2/c1-2-13-32(14-3-1)33-15-8-18-36(29-33)49(37-19-9-16-34(30-37)39-23-11-25-43-41-21-4-6-27-45(41)50-47(39)43)38-20-10-17-35(31-38)40-24-12-26-44-42-22-5-7-28-46(42)51-48(40)44/h1-31H. The van der Waals surface area contributed by atoms with Gasteiger partial charge in [0.2, 0.25) is 0 Å². The Labute approximate surface area is 304 Å². The summed E-state index contributed by atoms with van der Waals surface area (Å²) in [6, 6.07) is 68.6. The zero-order valence-corrected chi connectivity index (χ0v) is 29.3. The average Bonchev–Trinajstić information content (AvgIpc) is 3.78. The van der Waals surface area contributed by atoms with Crippen LogP contribution in [0.15, 0.2) is 188 Å².